The predicted octanol–water partition coefficient (Wildman–Crippen LogP) is 5.37. The van der Waals surface area contributed by atoms with Crippen molar-refractivity contribution in [3.8, 4) is 0 Å². The van der Waals surface area contributed by atoms with E-state index in [2.05, 4.69) is 23.5 Å². The molecule has 0 aromatic heterocycles. The molecule has 1 aliphatic rings. The normalized spacial score (nSPS) is 18.5. The predicted molar refractivity (Wildman–Crippen MR) is 133 cm³/mol. The maximum atomic E-state index is 12.8. The van der Waals surface area contributed by atoms with E-state index in [1.165, 1.54) is 16.7 Å². The molecule has 1 amide bonds. The average molecular weight is 477 g/mol. The first-order valence-electron chi connectivity index (χ1n) is 11.5. The van der Waals surface area contributed by atoms with Crippen molar-refractivity contribution >= 4 is 29.1 Å². The van der Waals surface area contributed by atoms with Crippen LogP contribution in [0.2, 0.25) is 10.0 Å². The second-order valence-electron chi connectivity index (χ2n) is 8.83. The molecule has 0 heterocycles. The molecular formula is C26H34Cl2N2O2. The van der Waals surface area contributed by atoms with Gasteiger partial charge in [-0.15, -0.1) is 0 Å². The highest BCUT2D eigenvalue weighted by atomic mass is 35.5. The van der Waals surface area contributed by atoms with Gasteiger partial charge in [-0.1, -0.05) is 47.5 Å². The number of aryl methyl sites for hydroxylation is 1. The summed E-state index contributed by atoms with van der Waals surface area (Å²) in [6, 6.07) is 12.4. The maximum Gasteiger partial charge on any atom is 0.226 e. The van der Waals surface area contributed by atoms with E-state index in [4.69, 9.17) is 28.3 Å². The number of benzene rings is 2. The molecule has 0 radical (unpaired) electrons. The number of halogens is 2. The Morgan fingerprint density at radius 2 is 1.78 bits per heavy atom. The third-order valence-corrected chi connectivity index (χ3v) is 7.35. The number of rotatable bonds is 9. The second kappa shape index (κ2) is 12.0. The van der Waals surface area contributed by atoms with E-state index in [0.29, 0.717) is 22.4 Å². The summed E-state index contributed by atoms with van der Waals surface area (Å²) in [4.78, 5) is 14.8. The molecule has 2 aromatic carbocycles. The van der Waals surface area contributed by atoms with Crippen molar-refractivity contribution in [3.63, 3.8) is 0 Å². The Morgan fingerprint density at radius 1 is 1.06 bits per heavy atom. The summed E-state index contributed by atoms with van der Waals surface area (Å²) < 4.78 is 0. The number of hydrogen-bond donors (Lipinski definition) is 2. The van der Waals surface area contributed by atoms with Crippen LogP contribution in [-0.2, 0) is 24.2 Å². The van der Waals surface area contributed by atoms with E-state index in [0.717, 1.165) is 50.6 Å². The number of nitrogens with zero attached hydrogens (tertiary/aromatic N) is 1. The molecule has 1 aliphatic carbocycles. The zero-order valence-electron chi connectivity index (χ0n) is 19.0. The summed E-state index contributed by atoms with van der Waals surface area (Å²) in [5.74, 6) is 0.649. The lowest BCUT2D eigenvalue weighted by atomic mass is 9.79. The monoisotopic (exact) mass is 476 g/mol. The molecule has 0 unspecified atom stereocenters. The van der Waals surface area contributed by atoms with Crippen molar-refractivity contribution < 1.29 is 9.90 Å². The van der Waals surface area contributed by atoms with Crippen molar-refractivity contribution in [2.24, 2.45) is 0 Å². The van der Waals surface area contributed by atoms with Gasteiger partial charge in [0.2, 0.25) is 5.91 Å². The van der Waals surface area contributed by atoms with Gasteiger partial charge in [-0.3, -0.25) is 4.79 Å². The van der Waals surface area contributed by atoms with E-state index < -0.39 is 0 Å². The van der Waals surface area contributed by atoms with Gasteiger partial charge < -0.3 is 15.3 Å². The minimum absolute atomic E-state index is 0.121. The van der Waals surface area contributed by atoms with Gasteiger partial charge in [-0.2, -0.15) is 0 Å². The van der Waals surface area contributed by atoms with Crippen LogP contribution >= 0.6 is 23.2 Å². The van der Waals surface area contributed by atoms with Gasteiger partial charge in [-0.05, 0) is 85.9 Å². The summed E-state index contributed by atoms with van der Waals surface area (Å²) in [6.07, 6.45) is 6.25. The first-order valence-corrected chi connectivity index (χ1v) is 12.2. The van der Waals surface area contributed by atoms with Crippen LogP contribution in [0.25, 0.3) is 0 Å². The van der Waals surface area contributed by atoms with Crippen LogP contribution < -0.4 is 5.32 Å². The summed E-state index contributed by atoms with van der Waals surface area (Å²) in [7, 11) is 3.91. The minimum atomic E-state index is 0.121. The molecule has 0 atom stereocenters. The molecule has 1 fully saturated rings. The Labute approximate surface area is 201 Å². The van der Waals surface area contributed by atoms with Gasteiger partial charge in [0, 0.05) is 26.2 Å². The van der Waals surface area contributed by atoms with Crippen molar-refractivity contribution in [2.75, 3.05) is 20.7 Å². The summed E-state index contributed by atoms with van der Waals surface area (Å²) in [6.45, 7) is 1.08. The number of nitrogens with one attached hydrogen (secondary N) is 1. The Kier molecular flexibility index (Phi) is 9.42. The summed E-state index contributed by atoms with van der Waals surface area (Å²) in [5.41, 5.74) is 4.96. The van der Waals surface area contributed by atoms with Crippen molar-refractivity contribution in [3.05, 3.63) is 68.7 Å². The van der Waals surface area contributed by atoms with E-state index in [1.54, 1.807) is 12.1 Å². The molecule has 32 heavy (non-hydrogen) atoms. The van der Waals surface area contributed by atoms with E-state index in [1.807, 2.05) is 25.1 Å². The molecule has 4 nitrogen and oxygen atoms in total. The highest BCUT2D eigenvalue weighted by molar-refractivity contribution is 6.42. The van der Waals surface area contributed by atoms with Crippen LogP contribution in [-0.4, -0.2) is 42.7 Å². The number of aliphatic hydroxyl groups is 1. The van der Waals surface area contributed by atoms with Gasteiger partial charge in [0.25, 0.3) is 0 Å². The molecule has 2 aromatic rings. The highest BCUT2D eigenvalue weighted by Gasteiger charge is 2.28. The van der Waals surface area contributed by atoms with Crippen molar-refractivity contribution in [2.45, 2.75) is 63.5 Å². The lowest BCUT2D eigenvalue weighted by Crippen LogP contribution is -2.40. The number of carbonyl (C=O) groups is 1. The van der Waals surface area contributed by atoms with Crippen LogP contribution in [0.5, 0.6) is 0 Å². The molecule has 3 rings (SSSR count). The molecule has 0 aliphatic heterocycles. The quantitative estimate of drug-likeness (QED) is 0.511. The molecule has 6 heteroatoms. The third kappa shape index (κ3) is 6.48. The van der Waals surface area contributed by atoms with Gasteiger partial charge in [0.1, 0.15) is 0 Å². The smallest absolute Gasteiger partial charge is 0.226 e. The number of carbonyl (C=O) groups excluding carboxylic acids is 1. The van der Waals surface area contributed by atoms with Gasteiger partial charge in [0.05, 0.1) is 16.5 Å². The largest absolute Gasteiger partial charge is 0.396 e. The van der Waals surface area contributed by atoms with Gasteiger partial charge in [0.15, 0.2) is 0 Å². The lowest BCUT2D eigenvalue weighted by molar-refractivity contribution is -0.131. The fourth-order valence-electron chi connectivity index (χ4n) is 4.77. The van der Waals surface area contributed by atoms with Crippen molar-refractivity contribution in [1.29, 1.82) is 0 Å². The van der Waals surface area contributed by atoms with Crippen LogP contribution in [0.4, 0.5) is 0 Å². The molecule has 2 N–H and O–H groups in total. The Hall–Kier alpha value is -1.59. The standard InChI is InChI=1S/C26H34Cl2N2O2/c1-29-17-21-14-18(4-3-13-31)5-11-23(21)20-7-9-22(10-8-20)30(2)26(32)16-19-6-12-24(27)25(28)15-19/h5-6,11-12,14-15,20,22,29,31H,3-4,7-10,13,16-17H2,1-2H3/t20-,22-. The van der Waals surface area contributed by atoms with E-state index in [9.17, 15) is 4.79 Å². The molecule has 1 saturated carbocycles. The summed E-state index contributed by atoms with van der Waals surface area (Å²) in [5, 5.41) is 13.4. The highest BCUT2D eigenvalue weighted by Crippen LogP contribution is 2.36. The third-order valence-electron chi connectivity index (χ3n) is 6.62. The van der Waals surface area contributed by atoms with E-state index >= 15 is 0 Å². The van der Waals surface area contributed by atoms with Crippen molar-refractivity contribution in [1.82, 2.24) is 10.2 Å². The Morgan fingerprint density at radius 3 is 2.44 bits per heavy atom. The van der Waals surface area contributed by atoms with Crippen LogP contribution in [0.15, 0.2) is 36.4 Å². The zero-order chi connectivity index (χ0) is 23.1. The average Bonchev–Trinajstić information content (AvgIpc) is 2.80. The topological polar surface area (TPSA) is 52.6 Å². The number of amides is 1. The first-order chi connectivity index (χ1) is 15.4. The number of likely N-dealkylation sites (N-methyl/N-ethyl adjacent to an activating group) is 1. The molecule has 0 saturated heterocycles. The fraction of sp³-hybridized carbons (Fsp3) is 0.500. The Bertz CT molecular complexity index is 911. The minimum Gasteiger partial charge on any atom is -0.396 e. The van der Waals surface area contributed by atoms with Crippen LogP contribution in [0.3, 0.4) is 0 Å². The number of hydrogen-bond acceptors (Lipinski definition) is 3. The lowest BCUT2D eigenvalue weighted by Gasteiger charge is -2.35. The molecule has 0 bridgehead atoms. The van der Waals surface area contributed by atoms with Gasteiger partial charge in [-0.25, -0.2) is 0 Å². The maximum absolute atomic E-state index is 12.8. The first kappa shape index (κ1) is 25.0. The molecule has 174 valence electrons. The molecule has 0 spiro atoms. The van der Waals surface area contributed by atoms with Crippen LogP contribution in [0.1, 0.15) is 60.3 Å². The summed E-state index contributed by atoms with van der Waals surface area (Å²) >= 11 is 12.1. The SMILES string of the molecule is CNCc1cc(CCCO)ccc1[C@H]1CC[C@H](N(C)C(=O)Cc2ccc(Cl)c(Cl)c2)CC1. The zero-order valence-corrected chi connectivity index (χ0v) is 20.6. The fourth-order valence-corrected chi connectivity index (χ4v) is 5.09. The Balaban J connectivity index is 1.60. The number of aliphatic hydroxyl groups excluding tert-OH is 1. The molecular weight excluding hydrogens is 443 g/mol. The van der Waals surface area contributed by atoms with Gasteiger partial charge >= 0.3 is 0 Å². The van der Waals surface area contributed by atoms with E-state index in [-0.39, 0.29) is 18.6 Å². The van der Waals surface area contributed by atoms with Crippen LogP contribution in [0, 0.1) is 0 Å². The second-order valence-corrected chi connectivity index (χ2v) is 9.64.